The zero-order chi connectivity index (χ0) is 19.9. The summed E-state index contributed by atoms with van der Waals surface area (Å²) in [5.74, 6) is 0.355. The van der Waals surface area contributed by atoms with E-state index in [1.807, 2.05) is 30.0 Å². The topological polar surface area (TPSA) is 61.4 Å². The standard InChI is InChI=1S/C22H31N5OS/c28-22(25-9-5-21-24-10-14-29-21)19-4-2-11-27(17-19)20-6-12-26(13-7-20)16-18-3-1-8-23-15-18/h1,3,8,10,14-15,19-20H,2,4-7,9,11-13,16-17H2,(H,25,28)/t19-/m0/s1. The van der Waals surface area contributed by atoms with Gasteiger partial charge in [-0.15, -0.1) is 11.3 Å². The van der Waals surface area contributed by atoms with E-state index in [0.29, 0.717) is 12.6 Å². The van der Waals surface area contributed by atoms with Crippen LogP contribution in [0.15, 0.2) is 36.1 Å². The third-order valence-corrected chi connectivity index (χ3v) is 6.99. The van der Waals surface area contributed by atoms with Crippen molar-refractivity contribution in [2.45, 2.75) is 44.7 Å². The first-order valence-electron chi connectivity index (χ1n) is 10.8. The molecule has 2 aliphatic rings. The molecule has 29 heavy (non-hydrogen) atoms. The molecule has 0 unspecified atom stereocenters. The number of pyridine rings is 1. The molecule has 1 atom stereocenters. The predicted molar refractivity (Wildman–Crippen MR) is 116 cm³/mol. The summed E-state index contributed by atoms with van der Waals surface area (Å²) in [6, 6.07) is 4.78. The van der Waals surface area contributed by atoms with Gasteiger partial charge in [0.25, 0.3) is 0 Å². The Morgan fingerprint density at radius 1 is 1.21 bits per heavy atom. The minimum atomic E-state index is 0.133. The van der Waals surface area contributed by atoms with Gasteiger partial charge in [-0.25, -0.2) is 4.98 Å². The number of piperidine rings is 2. The van der Waals surface area contributed by atoms with E-state index in [4.69, 9.17) is 0 Å². The van der Waals surface area contributed by atoms with Crippen molar-refractivity contribution in [2.24, 2.45) is 5.92 Å². The summed E-state index contributed by atoms with van der Waals surface area (Å²) in [5, 5.41) is 6.21. The normalized spacial score (nSPS) is 21.9. The van der Waals surface area contributed by atoms with E-state index >= 15 is 0 Å². The lowest BCUT2D eigenvalue weighted by Crippen LogP contribution is -2.50. The van der Waals surface area contributed by atoms with E-state index in [9.17, 15) is 4.79 Å². The van der Waals surface area contributed by atoms with E-state index in [0.717, 1.165) is 57.0 Å². The lowest BCUT2D eigenvalue weighted by atomic mass is 9.93. The van der Waals surface area contributed by atoms with Gasteiger partial charge in [-0.3, -0.25) is 19.6 Å². The fourth-order valence-electron chi connectivity index (χ4n) is 4.56. The first kappa shape index (κ1) is 20.4. The molecule has 2 aromatic rings. The molecular weight excluding hydrogens is 382 g/mol. The lowest BCUT2D eigenvalue weighted by molar-refractivity contribution is -0.127. The number of likely N-dealkylation sites (tertiary alicyclic amines) is 2. The SMILES string of the molecule is O=C(NCCc1nccs1)[C@H]1CCCN(C2CCN(Cc3cccnc3)CC2)C1. The molecule has 7 heteroatoms. The molecule has 156 valence electrons. The van der Waals surface area contributed by atoms with Crippen LogP contribution in [0.25, 0.3) is 0 Å². The van der Waals surface area contributed by atoms with Crippen molar-refractivity contribution in [2.75, 3.05) is 32.7 Å². The Balaban J connectivity index is 1.20. The highest BCUT2D eigenvalue weighted by atomic mass is 32.1. The maximum absolute atomic E-state index is 12.6. The molecule has 2 aromatic heterocycles. The van der Waals surface area contributed by atoms with Crippen LogP contribution in [0.4, 0.5) is 0 Å². The lowest BCUT2D eigenvalue weighted by Gasteiger charge is -2.42. The Morgan fingerprint density at radius 2 is 2.10 bits per heavy atom. The van der Waals surface area contributed by atoms with Crippen LogP contribution >= 0.6 is 11.3 Å². The van der Waals surface area contributed by atoms with Crippen LogP contribution in [0.1, 0.15) is 36.3 Å². The zero-order valence-corrected chi connectivity index (χ0v) is 17.8. The van der Waals surface area contributed by atoms with E-state index in [1.165, 1.54) is 18.4 Å². The summed E-state index contributed by atoms with van der Waals surface area (Å²) >= 11 is 1.65. The van der Waals surface area contributed by atoms with Gasteiger partial charge < -0.3 is 5.32 Å². The predicted octanol–water partition coefficient (Wildman–Crippen LogP) is 2.57. The largest absolute Gasteiger partial charge is 0.355 e. The fraction of sp³-hybridized carbons (Fsp3) is 0.591. The highest BCUT2D eigenvalue weighted by molar-refractivity contribution is 7.09. The second-order valence-corrected chi connectivity index (χ2v) is 9.15. The number of rotatable bonds is 7. The quantitative estimate of drug-likeness (QED) is 0.756. The van der Waals surface area contributed by atoms with E-state index < -0.39 is 0 Å². The second-order valence-electron chi connectivity index (χ2n) is 8.17. The molecule has 0 aromatic carbocycles. The molecule has 2 aliphatic heterocycles. The molecule has 2 fully saturated rings. The average molecular weight is 414 g/mol. The summed E-state index contributed by atoms with van der Waals surface area (Å²) in [5.41, 5.74) is 1.29. The van der Waals surface area contributed by atoms with Crippen LogP contribution < -0.4 is 5.32 Å². The van der Waals surface area contributed by atoms with Crippen molar-refractivity contribution in [1.82, 2.24) is 25.1 Å². The van der Waals surface area contributed by atoms with Crippen LogP contribution in [-0.4, -0.2) is 64.4 Å². The fourth-order valence-corrected chi connectivity index (χ4v) is 5.18. The third kappa shape index (κ3) is 5.84. The molecule has 0 radical (unpaired) electrons. The minimum Gasteiger partial charge on any atom is -0.355 e. The number of carbonyl (C=O) groups is 1. The van der Waals surface area contributed by atoms with E-state index in [-0.39, 0.29) is 11.8 Å². The number of nitrogens with one attached hydrogen (secondary N) is 1. The van der Waals surface area contributed by atoms with Crippen molar-refractivity contribution < 1.29 is 4.79 Å². The molecule has 0 aliphatic carbocycles. The number of aromatic nitrogens is 2. The molecule has 1 N–H and O–H groups in total. The second kappa shape index (κ2) is 10.3. The Kier molecular flexibility index (Phi) is 7.24. The van der Waals surface area contributed by atoms with Gasteiger partial charge in [0, 0.05) is 56.1 Å². The zero-order valence-electron chi connectivity index (χ0n) is 17.0. The maximum Gasteiger partial charge on any atom is 0.224 e. The van der Waals surface area contributed by atoms with Gasteiger partial charge in [0.1, 0.15) is 0 Å². The van der Waals surface area contributed by atoms with E-state index in [1.54, 1.807) is 11.3 Å². The summed E-state index contributed by atoms with van der Waals surface area (Å²) in [6.45, 7) is 5.98. The number of nitrogens with zero attached hydrogens (tertiary/aromatic N) is 4. The molecule has 1 amide bonds. The summed E-state index contributed by atoms with van der Waals surface area (Å²) in [7, 11) is 0. The smallest absolute Gasteiger partial charge is 0.224 e. The number of hydrogen-bond acceptors (Lipinski definition) is 6. The van der Waals surface area contributed by atoms with Gasteiger partial charge >= 0.3 is 0 Å². The van der Waals surface area contributed by atoms with Crippen molar-refractivity contribution in [3.63, 3.8) is 0 Å². The first-order chi connectivity index (χ1) is 14.3. The van der Waals surface area contributed by atoms with Gasteiger partial charge in [0.2, 0.25) is 5.91 Å². The minimum absolute atomic E-state index is 0.133. The maximum atomic E-state index is 12.6. The van der Waals surface area contributed by atoms with Gasteiger partial charge in [0.15, 0.2) is 0 Å². The van der Waals surface area contributed by atoms with Crippen LogP contribution in [0.3, 0.4) is 0 Å². The summed E-state index contributed by atoms with van der Waals surface area (Å²) in [4.78, 5) is 26.3. The highest BCUT2D eigenvalue weighted by Gasteiger charge is 2.31. The van der Waals surface area contributed by atoms with Gasteiger partial charge in [0.05, 0.1) is 10.9 Å². The monoisotopic (exact) mass is 413 g/mol. The summed E-state index contributed by atoms with van der Waals surface area (Å²) in [6.07, 6.45) is 11.0. The molecule has 4 heterocycles. The van der Waals surface area contributed by atoms with Gasteiger partial charge in [-0.05, 0) is 56.9 Å². The third-order valence-electron chi connectivity index (χ3n) is 6.15. The van der Waals surface area contributed by atoms with Crippen LogP contribution in [0.2, 0.25) is 0 Å². The Morgan fingerprint density at radius 3 is 2.86 bits per heavy atom. The van der Waals surface area contributed by atoms with Crippen molar-refractivity contribution in [3.05, 3.63) is 46.7 Å². The number of amides is 1. The van der Waals surface area contributed by atoms with Crippen LogP contribution in [0.5, 0.6) is 0 Å². The summed E-state index contributed by atoms with van der Waals surface area (Å²) < 4.78 is 0. The first-order valence-corrected chi connectivity index (χ1v) is 11.7. The Labute approximate surface area is 177 Å². The number of thiazole rings is 1. The van der Waals surface area contributed by atoms with Gasteiger partial charge in [-0.1, -0.05) is 6.07 Å². The molecule has 0 bridgehead atoms. The Hall–Kier alpha value is -1.83. The molecule has 0 saturated carbocycles. The Bertz CT molecular complexity index is 746. The molecule has 6 nitrogen and oxygen atoms in total. The molecule has 4 rings (SSSR count). The average Bonchev–Trinajstić information content (AvgIpc) is 3.29. The van der Waals surface area contributed by atoms with Gasteiger partial charge in [-0.2, -0.15) is 0 Å². The highest BCUT2D eigenvalue weighted by Crippen LogP contribution is 2.24. The number of hydrogen-bond donors (Lipinski definition) is 1. The van der Waals surface area contributed by atoms with Crippen molar-refractivity contribution in [1.29, 1.82) is 0 Å². The van der Waals surface area contributed by atoms with E-state index in [2.05, 4.69) is 31.2 Å². The van der Waals surface area contributed by atoms with Crippen molar-refractivity contribution in [3.8, 4) is 0 Å². The van der Waals surface area contributed by atoms with Crippen LogP contribution in [0, 0.1) is 5.92 Å². The number of carbonyl (C=O) groups excluding carboxylic acids is 1. The molecular formula is C22H31N5OS. The molecule has 2 saturated heterocycles. The van der Waals surface area contributed by atoms with Crippen molar-refractivity contribution >= 4 is 17.2 Å². The van der Waals surface area contributed by atoms with Crippen LogP contribution in [-0.2, 0) is 17.8 Å². The molecule has 0 spiro atoms.